The number of hydrogen-bond acceptors (Lipinski definition) is 8. The average Bonchev–Trinajstić information content (AvgIpc) is 3.66. The van der Waals surface area contributed by atoms with Crippen molar-refractivity contribution in [2.45, 2.75) is 86.1 Å². The quantitative estimate of drug-likeness (QED) is 0.303. The van der Waals surface area contributed by atoms with Gasteiger partial charge in [-0.05, 0) is 72.8 Å². The van der Waals surface area contributed by atoms with Gasteiger partial charge >= 0.3 is 0 Å². The van der Waals surface area contributed by atoms with Crippen LogP contribution in [0.25, 0.3) is 0 Å². The second-order valence-electron chi connectivity index (χ2n) is 17.5. The zero-order valence-electron chi connectivity index (χ0n) is 32.2. The van der Waals surface area contributed by atoms with Gasteiger partial charge in [0.1, 0.15) is 6.04 Å². The Morgan fingerprint density at radius 1 is 0.769 bits per heavy atom. The van der Waals surface area contributed by atoms with Gasteiger partial charge < -0.3 is 34.0 Å². The molecule has 11 nitrogen and oxygen atoms in total. The van der Waals surface area contributed by atoms with Crippen molar-refractivity contribution in [1.29, 1.82) is 0 Å². The summed E-state index contributed by atoms with van der Waals surface area (Å²) in [7, 11) is 4.95. The fourth-order valence-electron chi connectivity index (χ4n) is 9.23. The van der Waals surface area contributed by atoms with E-state index in [1.54, 1.807) is 47.0 Å². The number of ether oxygens (including phenoxy) is 3. The van der Waals surface area contributed by atoms with Gasteiger partial charge in [-0.1, -0.05) is 41.5 Å². The summed E-state index contributed by atoms with van der Waals surface area (Å²) in [6, 6.07) is 6.00. The van der Waals surface area contributed by atoms with Gasteiger partial charge in [-0.2, -0.15) is 0 Å². The van der Waals surface area contributed by atoms with E-state index in [4.69, 9.17) is 14.2 Å². The van der Waals surface area contributed by atoms with Gasteiger partial charge in [-0.3, -0.25) is 19.2 Å². The third-order valence-electron chi connectivity index (χ3n) is 11.5. The van der Waals surface area contributed by atoms with Crippen LogP contribution in [0.5, 0.6) is 23.0 Å². The molecule has 3 aliphatic heterocycles. The van der Waals surface area contributed by atoms with E-state index in [-0.39, 0.29) is 70.2 Å². The smallest absolute Gasteiger partial charge is 0.256 e. The van der Waals surface area contributed by atoms with Gasteiger partial charge in [-0.25, -0.2) is 0 Å². The molecular weight excluding hydrogens is 662 g/mol. The number of anilines is 2. The third-order valence-corrected chi connectivity index (χ3v) is 11.5. The maximum atomic E-state index is 13.7. The van der Waals surface area contributed by atoms with Crippen molar-refractivity contribution in [3.05, 3.63) is 35.4 Å². The minimum atomic E-state index is -0.477. The topological polar surface area (TPSA) is 126 Å². The van der Waals surface area contributed by atoms with Gasteiger partial charge in [0.05, 0.1) is 37.3 Å². The fourth-order valence-corrected chi connectivity index (χ4v) is 9.23. The number of fused-ring (bicyclic) bond motifs is 4. The van der Waals surface area contributed by atoms with Crippen LogP contribution < -0.4 is 24.0 Å². The van der Waals surface area contributed by atoms with Crippen LogP contribution in [0.15, 0.2) is 24.3 Å². The fraction of sp³-hybridized carbons (Fsp3) is 0.610. The van der Waals surface area contributed by atoms with E-state index < -0.39 is 6.04 Å². The standard InChI is InChI=1S/C41H55N3O8/c1-23-12-25-10-11-32(45)27-15-33(46)34(17-29(27)42(7)37(47)26(25)13-23)51-21-40(3,4)20-41(5,6)22-52-36-18-30-28(16-35(36)50-9)38(48)44-19-24(2)14-31(44)39(49)43(30)8/h15-18,23-26,31,46H,10-14,19-22H2,1-9H3. The number of rotatable bonds is 9. The van der Waals surface area contributed by atoms with Crippen molar-refractivity contribution in [3.8, 4) is 23.0 Å². The van der Waals surface area contributed by atoms with Gasteiger partial charge in [0.2, 0.25) is 11.8 Å². The normalized spacial score (nSPS) is 25.1. The van der Waals surface area contributed by atoms with Crippen molar-refractivity contribution in [2.75, 3.05) is 50.8 Å². The molecule has 1 saturated carbocycles. The Bertz CT molecular complexity index is 1770. The minimum Gasteiger partial charge on any atom is -0.504 e. The minimum absolute atomic E-state index is 0.00921. The van der Waals surface area contributed by atoms with Crippen LogP contribution in [-0.2, 0) is 9.59 Å². The highest BCUT2D eigenvalue weighted by atomic mass is 16.5. The molecule has 1 N–H and O–H groups in total. The predicted octanol–water partition coefficient (Wildman–Crippen LogP) is 6.73. The van der Waals surface area contributed by atoms with E-state index in [0.29, 0.717) is 78.8 Å². The molecule has 2 fully saturated rings. The zero-order valence-corrected chi connectivity index (χ0v) is 32.2. The molecule has 0 radical (unpaired) electrons. The number of phenolic OH excluding ortho intramolecular Hbond substituents is 1. The summed E-state index contributed by atoms with van der Waals surface area (Å²) >= 11 is 0. The van der Waals surface area contributed by atoms with Crippen LogP contribution in [0.4, 0.5) is 11.4 Å². The summed E-state index contributed by atoms with van der Waals surface area (Å²) in [6.45, 7) is 13.7. The SMILES string of the molecule is COc1cc2c(cc1OCC(C)(C)CC(C)(C)COc1cc3c(cc1O)C(=O)CCC1CC(C)CC1C(=O)N3C)N(C)C(=O)C1CC(C)CN1C2=O. The van der Waals surface area contributed by atoms with Gasteiger partial charge in [0.15, 0.2) is 28.8 Å². The lowest BCUT2D eigenvalue weighted by Gasteiger charge is -2.35. The Morgan fingerprint density at radius 3 is 2.06 bits per heavy atom. The second kappa shape index (κ2) is 13.9. The Kier molecular flexibility index (Phi) is 10.0. The van der Waals surface area contributed by atoms with Gasteiger partial charge in [-0.15, -0.1) is 0 Å². The second-order valence-corrected chi connectivity index (χ2v) is 17.5. The monoisotopic (exact) mass is 717 g/mol. The largest absolute Gasteiger partial charge is 0.504 e. The van der Waals surface area contributed by atoms with Crippen LogP contribution in [0.1, 0.15) is 101 Å². The zero-order chi connectivity index (χ0) is 37.9. The molecule has 0 spiro atoms. The molecule has 5 atom stereocenters. The van der Waals surface area contributed by atoms with E-state index in [1.165, 1.54) is 13.2 Å². The molecule has 2 aromatic carbocycles. The van der Waals surface area contributed by atoms with Crippen molar-refractivity contribution < 1.29 is 38.5 Å². The maximum absolute atomic E-state index is 13.7. The van der Waals surface area contributed by atoms with Crippen LogP contribution in [0, 0.1) is 34.5 Å². The molecule has 2 aromatic rings. The number of hydrogen-bond donors (Lipinski definition) is 1. The van der Waals surface area contributed by atoms with E-state index >= 15 is 0 Å². The number of aromatic hydroxyl groups is 1. The van der Waals surface area contributed by atoms with Crippen molar-refractivity contribution in [1.82, 2.24) is 4.90 Å². The van der Waals surface area contributed by atoms with Crippen LogP contribution in [-0.4, -0.2) is 80.5 Å². The Morgan fingerprint density at radius 2 is 1.38 bits per heavy atom. The highest BCUT2D eigenvalue weighted by molar-refractivity contribution is 6.11. The summed E-state index contributed by atoms with van der Waals surface area (Å²) in [5.74, 6) is 1.37. The number of nitrogens with zero attached hydrogens (tertiary/aromatic N) is 3. The molecule has 282 valence electrons. The summed E-state index contributed by atoms with van der Waals surface area (Å²) in [6.07, 6.45) is 4.09. The van der Waals surface area contributed by atoms with Crippen LogP contribution in [0.3, 0.4) is 0 Å². The molecule has 52 heavy (non-hydrogen) atoms. The summed E-state index contributed by atoms with van der Waals surface area (Å²) in [5.41, 5.74) is 0.979. The molecular formula is C41H55N3O8. The number of Topliss-reactive ketones (excluding diaryl/α,β-unsaturated/α-hetero) is 1. The first-order chi connectivity index (χ1) is 24.4. The lowest BCUT2D eigenvalue weighted by Crippen LogP contribution is -2.43. The molecule has 0 aromatic heterocycles. The molecule has 5 unspecified atom stereocenters. The molecule has 1 aliphatic carbocycles. The van der Waals surface area contributed by atoms with Crippen molar-refractivity contribution >= 4 is 34.9 Å². The van der Waals surface area contributed by atoms with E-state index in [1.807, 2.05) is 0 Å². The van der Waals surface area contributed by atoms with Gasteiger partial charge in [0.25, 0.3) is 5.91 Å². The van der Waals surface area contributed by atoms with E-state index in [9.17, 15) is 24.3 Å². The number of amides is 3. The summed E-state index contributed by atoms with van der Waals surface area (Å²) in [4.78, 5) is 58.8. The molecule has 3 heterocycles. The molecule has 4 aliphatic rings. The average molecular weight is 718 g/mol. The predicted molar refractivity (Wildman–Crippen MR) is 199 cm³/mol. The number of phenols is 1. The van der Waals surface area contributed by atoms with E-state index in [2.05, 4.69) is 41.5 Å². The number of ketones is 1. The van der Waals surface area contributed by atoms with Crippen LogP contribution in [0.2, 0.25) is 0 Å². The molecule has 3 amide bonds. The maximum Gasteiger partial charge on any atom is 0.256 e. The summed E-state index contributed by atoms with van der Waals surface area (Å²) < 4.78 is 18.3. The van der Waals surface area contributed by atoms with Gasteiger partial charge in [0, 0.05) is 50.7 Å². The van der Waals surface area contributed by atoms with E-state index in [0.717, 1.165) is 12.8 Å². The number of methoxy groups -OCH3 is 1. The lowest BCUT2D eigenvalue weighted by molar-refractivity contribution is -0.123. The number of benzene rings is 2. The molecule has 6 rings (SSSR count). The first-order valence-electron chi connectivity index (χ1n) is 18.6. The highest BCUT2D eigenvalue weighted by Gasteiger charge is 2.44. The highest BCUT2D eigenvalue weighted by Crippen LogP contribution is 2.45. The Labute approximate surface area is 307 Å². The Balaban J connectivity index is 1.15. The number of carbonyl (C=O) groups is 4. The van der Waals surface area contributed by atoms with Crippen molar-refractivity contribution in [2.24, 2.45) is 34.5 Å². The molecule has 0 bridgehead atoms. The molecule has 1 saturated heterocycles. The van der Waals surface area contributed by atoms with Crippen LogP contribution >= 0.6 is 0 Å². The first-order valence-corrected chi connectivity index (χ1v) is 18.6. The molecule has 11 heteroatoms. The third kappa shape index (κ3) is 7.20. The Hall–Kier alpha value is -4.28. The number of likely N-dealkylation sites (N-methyl/N-ethyl adjacent to an activating group) is 1. The van der Waals surface area contributed by atoms with Crippen molar-refractivity contribution in [3.63, 3.8) is 0 Å². The lowest BCUT2D eigenvalue weighted by atomic mass is 9.76. The first kappa shape index (κ1) is 37.5. The summed E-state index contributed by atoms with van der Waals surface area (Å²) in [5, 5.41) is 11.0. The number of carbonyl (C=O) groups excluding carboxylic acids is 4.